The first-order chi connectivity index (χ1) is 14.3. The molecule has 0 saturated heterocycles. The third-order valence-electron chi connectivity index (χ3n) is 4.29. The molecule has 0 aliphatic carbocycles. The molecule has 0 N–H and O–H groups in total. The predicted octanol–water partition coefficient (Wildman–Crippen LogP) is 4.79. The molecule has 0 fully saturated rings. The Kier molecular flexibility index (Phi) is 4.71. The van der Waals surface area contributed by atoms with Gasteiger partial charge in [-0.3, -0.25) is 9.36 Å². The second-order valence-electron chi connectivity index (χ2n) is 6.17. The van der Waals surface area contributed by atoms with Crippen molar-refractivity contribution in [2.45, 2.75) is 10.9 Å². The number of nitrogens with zero attached hydrogens (tertiary/aromatic N) is 4. The average molecular weight is 419 g/mol. The quantitative estimate of drug-likeness (QED) is 0.302. The van der Waals surface area contributed by atoms with Crippen molar-refractivity contribution in [1.82, 2.24) is 19.7 Å². The van der Waals surface area contributed by atoms with E-state index < -0.39 is 0 Å². The lowest BCUT2D eigenvalue weighted by atomic mass is 10.2. The van der Waals surface area contributed by atoms with Gasteiger partial charge < -0.3 is 4.52 Å². The highest BCUT2D eigenvalue weighted by Gasteiger charge is 2.16. The minimum absolute atomic E-state index is 0.0748. The van der Waals surface area contributed by atoms with E-state index in [1.807, 2.05) is 72.1 Å². The maximum absolute atomic E-state index is 13.1. The molecule has 142 valence electrons. The van der Waals surface area contributed by atoms with Gasteiger partial charge in [0.1, 0.15) is 4.70 Å². The number of thiophene rings is 1. The third kappa shape index (κ3) is 3.48. The van der Waals surface area contributed by atoms with E-state index in [-0.39, 0.29) is 5.56 Å². The zero-order valence-electron chi connectivity index (χ0n) is 15.1. The second kappa shape index (κ2) is 7.65. The molecule has 0 radical (unpaired) electrons. The van der Waals surface area contributed by atoms with Gasteiger partial charge in [0.15, 0.2) is 5.16 Å². The van der Waals surface area contributed by atoms with Gasteiger partial charge >= 0.3 is 0 Å². The van der Waals surface area contributed by atoms with Crippen molar-refractivity contribution >= 4 is 33.3 Å². The van der Waals surface area contributed by atoms with Crippen LogP contribution in [0.4, 0.5) is 0 Å². The van der Waals surface area contributed by atoms with Gasteiger partial charge in [-0.25, -0.2) is 4.98 Å². The molecule has 5 rings (SSSR count). The molecule has 29 heavy (non-hydrogen) atoms. The van der Waals surface area contributed by atoms with Gasteiger partial charge in [-0.2, -0.15) is 4.98 Å². The van der Waals surface area contributed by atoms with Crippen LogP contribution >= 0.6 is 23.1 Å². The van der Waals surface area contributed by atoms with Crippen molar-refractivity contribution < 1.29 is 4.52 Å². The Labute approximate surface area is 173 Å². The van der Waals surface area contributed by atoms with Gasteiger partial charge in [-0.05, 0) is 23.6 Å². The van der Waals surface area contributed by atoms with E-state index >= 15 is 0 Å². The van der Waals surface area contributed by atoms with Crippen molar-refractivity contribution in [1.29, 1.82) is 0 Å². The fourth-order valence-electron chi connectivity index (χ4n) is 2.94. The van der Waals surface area contributed by atoms with Crippen LogP contribution in [-0.2, 0) is 5.75 Å². The first kappa shape index (κ1) is 17.8. The summed E-state index contributed by atoms with van der Waals surface area (Å²) in [6.07, 6.45) is 0. The molecule has 6 nitrogen and oxygen atoms in total. The van der Waals surface area contributed by atoms with Crippen LogP contribution in [0.15, 0.2) is 86.6 Å². The van der Waals surface area contributed by atoms with Gasteiger partial charge in [0, 0.05) is 5.56 Å². The van der Waals surface area contributed by atoms with E-state index in [1.54, 1.807) is 4.57 Å². The van der Waals surface area contributed by atoms with E-state index in [0.29, 0.717) is 32.8 Å². The van der Waals surface area contributed by atoms with Crippen molar-refractivity contribution in [2.24, 2.45) is 0 Å². The molecule has 0 bridgehead atoms. The highest BCUT2D eigenvalue weighted by atomic mass is 32.2. The molecular formula is C21H14N4O2S2. The SMILES string of the molecule is O=c1c2sccc2nc(SCc2nc(-c3ccccc3)no2)n1-c1ccccc1. The van der Waals surface area contributed by atoms with E-state index in [0.717, 1.165) is 11.3 Å². The highest BCUT2D eigenvalue weighted by Crippen LogP contribution is 2.26. The molecule has 0 atom stereocenters. The van der Waals surface area contributed by atoms with E-state index in [9.17, 15) is 4.79 Å². The summed E-state index contributed by atoms with van der Waals surface area (Å²) in [6, 6.07) is 21.0. The van der Waals surface area contributed by atoms with Gasteiger partial charge in [0.05, 0.1) is 17.0 Å². The molecule has 2 aromatic carbocycles. The minimum atomic E-state index is -0.0748. The van der Waals surface area contributed by atoms with Crippen LogP contribution in [0.2, 0.25) is 0 Å². The van der Waals surface area contributed by atoms with Crippen molar-refractivity contribution in [3.63, 3.8) is 0 Å². The lowest BCUT2D eigenvalue weighted by molar-refractivity contribution is 0.391. The van der Waals surface area contributed by atoms with E-state index in [2.05, 4.69) is 10.1 Å². The van der Waals surface area contributed by atoms with Crippen LogP contribution in [0.1, 0.15) is 5.89 Å². The molecule has 3 aromatic heterocycles. The standard InChI is InChI=1S/C21H14N4O2S2/c26-20-18-16(11-12-28-18)22-21(25(20)15-9-5-2-6-10-15)29-13-17-23-19(24-27-17)14-7-3-1-4-8-14/h1-12H,13H2. The van der Waals surface area contributed by atoms with Crippen LogP contribution < -0.4 is 5.56 Å². The zero-order chi connectivity index (χ0) is 19.6. The maximum atomic E-state index is 13.1. The summed E-state index contributed by atoms with van der Waals surface area (Å²) < 4.78 is 7.67. The number of fused-ring (bicyclic) bond motifs is 1. The Balaban J connectivity index is 1.49. The van der Waals surface area contributed by atoms with Crippen molar-refractivity contribution in [3.8, 4) is 17.1 Å². The topological polar surface area (TPSA) is 73.8 Å². The average Bonchev–Trinajstić information content (AvgIpc) is 3.43. The van der Waals surface area contributed by atoms with Crippen LogP contribution in [0.25, 0.3) is 27.3 Å². The van der Waals surface area contributed by atoms with Crippen LogP contribution in [0.3, 0.4) is 0 Å². The molecular weight excluding hydrogens is 404 g/mol. The Morgan fingerprint density at radius 1 is 0.966 bits per heavy atom. The Hall–Kier alpha value is -3.23. The summed E-state index contributed by atoms with van der Waals surface area (Å²) in [5.74, 6) is 1.44. The summed E-state index contributed by atoms with van der Waals surface area (Å²) in [7, 11) is 0. The first-order valence-corrected chi connectivity index (χ1v) is 10.7. The molecule has 0 aliphatic rings. The molecule has 3 heterocycles. The monoisotopic (exact) mass is 418 g/mol. The van der Waals surface area contributed by atoms with Crippen LogP contribution in [0.5, 0.6) is 0 Å². The van der Waals surface area contributed by atoms with Gasteiger partial charge in [-0.15, -0.1) is 11.3 Å². The molecule has 0 unspecified atom stereocenters. The van der Waals surface area contributed by atoms with Gasteiger partial charge in [0.25, 0.3) is 5.56 Å². The summed E-state index contributed by atoms with van der Waals surface area (Å²) in [6.45, 7) is 0. The fraction of sp³-hybridized carbons (Fsp3) is 0.0476. The van der Waals surface area contributed by atoms with Gasteiger partial charge in [0.2, 0.25) is 11.7 Å². The van der Waals surface area contributed by atoms with E-state index in [1.165, 1.54) is 23.1 Å². The number of hydrogen-bond acceptors (Lipinski definition) is 7. The summed E-state index contributed by atoms with van der Waals surface area (Å²) in [4.78, 5) is 22.2. The zero-order valence-corrected chi connectivity index (χ0v) is 16.7. The van der Waals surface area contributed by atoms with Crippen molar-refractivity contribution in [3.05, 3.63) is 88.4 Å². The largest absolute Gasteiger partial charge is 0.338 e. The van der Waals surface area contributed by atoms with Crippen LogP contribution in [-0.4, -0.2) is 19.7 Å². The fourth-order valence-corrected chi connectivity index (χ4v) is 4.55. The normalized spacial score (nSPS) is 11.2. The predicted molar refractivity (Wildman–Crippen MR) is 115 cm³/mol. The molecule has 0 saturated carbocycles. The lowest BCUT2D eigenvalue weighted by Crippen LogP contribution is -2.20. The lowest BCUT2D eigenvalue weighted by Gasteiger charge is -2.11. The first-order valence-electron chi connectivity index (χ1n) is 8.86. The number of thioether (sulfide) groups is 1. The Morgan fingerprint density at radius 3 is 2.52 bits per heavy atom. The summed E-state index contributed by atoms with van der Waals surface area (Å²) in [5, 5.41) is 6.52. The highest BCUT2D eigenvalue weighted by molar-refractivity contribution is 7.98. The molecule has 8 heteroatoms. The second-order valence-corrected chi connectivity index (χ2v) is 8.03. The number of para-hydroxylation sites is 1. The Bertz CT molecular complexity index is 1330. The van der Waals surface area contributed by atoms with Gasteiger partial charge in [-0.1, -0.05) is 65.4 Å². The number of hydrogen-bond donors (Lipinski definition) is 0. The number of rotatable bonds is 5. The summed E-state index contributed by atoms with van der Waals surface area (Å²) >= 11 is 2.80. The minimum Gasteiger partial charge on any atom is -0.338 e. The Morgan fingerprint density at radius 2 is 1.72 bits per heavy atom. The molecule has 0 amide bonds. The van der Waals surface area contributed by atoms with E-state index in [4.69, 9.17) is 9.51 Å². The molecule has 5 aromatic rings. The molecule has 0 spiro atoms. The number of benzene rings is 2. The smallest absolute Gasteiger partial charge is 0.276 e. The van der Waals surface area contributed by atoms with Crippen LogP contribution in [0, 0.1) is 0 Å². The third-order valence-corrected chi connectivity index (χ3v) is 6.10. The molecule has 0 aliphatic heterocycles. The number of aromatic nitrogens is 4. The summed E-state index contributed by atoms with van der Waals surface area (Å²) in [5.41, 5.74) is 2.30. The maximum Gasteiger partial charge on any atom is 0.276 e. The van der Waals surface area contributed by atoms with Crippen molar-refractivity contribution in [2.75, 3.05) is 0 Å².